The zero-order chi connectivity index (χ0) is 15.9. The Morgan fingerprint density at radius 2 is 2.23 bits per heavy atom. The van der Waals surface area contributed by atoms with Gasteiger partial charge in [-0.3, -0.25) is 9.59 Å². The summed E-state index contributed by atoms with van der Waals surface area (Å²) in [5, 5.41) is 8.79. The molecule has 1 amide bonds. The summed E-state index contributed by atoms with van der Waals surface area (Å²) in [6.07, 6.45) is 2.62. The number of benzene rings is 1. The summed E-state index contributed by atoms with van der Waals surface area (Å²) >= 11 is 0. The number of hydrogen-bond donors (Lipinski definition) is 1. The molecule has 118 valence electrons. The van der Waals surface area contributed by atoms with Crippen LogP contribution >= 0.6 is 0 Å². The number of carboxylic acid groups (broad SMARTS) is 1. The third-order valence-corrected chi connectivity index (χ3v) is 3.40. The SMILES string of the molecule is COc1ccccc1/C=C/C(=O)N1CCOC(CC(=O)O)C1. The van der Waals surface area contributed by atoms with Crippen molar-refractivity contribution in [2.24, 2.45) is 0 Å². The Bertz CT molecular complexity index is 569. The molecule has 1 unspecified atom stereocenters. The molecule has 0 radical (unpaired) electrons. The number of para-hydroxylation sites is 1. The number of carboxylic acids is 1. The van der Waals surface area contributed by atoms with Gasteiger partial charge in [0.15, 0.2) is 0 Å². The molecule has 0 aromatic heterocycles. The van der Waals surface area contributed by atoms with Crippen LogP contribution in [0.2, 0.25) is 0 Å². The molecule has 22 heavy (non-hydrogen) atoms. The van der Waals surface area contributed by atoms with E-state index in [2.05, 4.69) is 0 Å². The smallest absolute Gasteiger partial charge is 0.306 e. The third-order valence-electron chi connectivity index (χ3n) is 3.40. The molecule has 1 atom stereocenters. The summed E-state index contributed by atoms with van der Waals surface area (Å²) in [6, 6.07) is 7.40. The van der Waals surface area contributed by atoms with Gasteiger partial charge in [-0.2, -0.15) is 0 Å². The Morgan fingerprint density at radius 3 is 2.95 bits per heavy atom. The number of methoxy groups -OCH3 is 1. The van der Waals surface area contributed by atoms with E-state index in [1.165, 1.54) is 6.08 Å². The number of ether oxygens (including phenoxy) is 2. The summed E-state index contributed by atoms with van der Waals surface area (Å²) in [6.45, 7) is 1.11. The molecule has 0 saturated carbocycles. The van der Waals surface area contributed by atoms with Crippen molar-refractivity contribution in [3.63, 3.8) is 0 Å². The lowest BCUT2D eigenvalue weighted by Crippen LogP contribution is -2.45. The molecule has 1 aliphatic heterocycles. The number of hydrogen-bond acceptors (Lipinski definition) is 4. The van der Waals surface area contributed by atoms with Crippen LogP contribution in [0.1, 0.15) is 12.0 Å². The van der Waals surface area contributed by atoms with E-state index in [-0.39, 0.29) is 12.3 Å². The van der Waals surface area contributed by atoms with Gasteiger partial charge in [-0.05, 0) is 12.1 Å². The summed E-state index contributed by atoms with van der Waals surface area (Å²) < 4.78 is 10.6. The molecule has 2 rings (SSSR count). The van der Waals surface area contributed by atoms with Crippen LogP contribution < -0.4 is 4.74 Å². The summed E-state index contributed by atoms with van der Waals surface area (Å²) in [4.78, 5) is 24.5. The lowest BCUT2D eigenvalue weighted by atomic mass is 10.1. The molecule has 1 aromatic carbocycles. The van der Waals surface area contributed by atoms with E-state index in [4.69, 9.17) is 14.6 Å². The minimum absolute atomic E-state index is 0.0972. The highest BCUT2D eigenvalue weighted by Crippen LogP contribution is 2.19. The molecule has 0 aliphatic carbocycles. The van der Waals surface area contributed by atoms with Gasteiger partial charge in [-0.15, -0.1) is 0 Å². The third kappa shape index (κ3) is 4.33. The quantitative estimate of drug-likeness (QED) is 0.832. The number of rotatable bonds is 5. The van der Waals surface area contributed by atoms with Crippen molar-refractivity contribution in [3.05, 3.63) is 35.9 Å². The zero-order valence-electron chi connectivity index (χ0n) is 12.4. The Morgan fingerprint density at radius 1 is 1.45 bits per heavy atom. The maximum Gasteiger partial charge on any atom is 0.306 e. The van der Waals surface area contributed by atoms with E-state index < -0.39 is 12.1 Å². The predicted molar refractivity (Wildman–Crippen MR) is 80.6 cm³/mol. The minimum Gasteiger partial charge on any atom is -0.496 e. The Labute approximate surface area is 128 Å². The van der Waals surface area contributed by atoms with Crippen molar-refractivity contribution < 1.29 is 24.2 Å². The largest absolute Gasteiger partial charge is 0.496 e. The summed E-state index contributed by atoms with van der Waals surface area (Å²) in [7, 11) is 1.58. The second-order valence-electron chi connectivity index (χ2n) is 4.95. The standard InChI is InChI=1S/C16H19NO5/c1-21-14-5-3-2-4-12(14)6-7-15(18)17-8-9-22-13(11-17)10-16(19)20/h2-7,13H,8-11H2,1H3,(H,19,20)/b7-6+. The maximum atomic E-state index is 12.2. The Balaban J connectivity index is 1.99. The highest BCUT2D eigenvalue weighted by Gasteiger charge is 2.24. The van der Waals surface area contributed by atoms with Crippen molar-refractivity contribution >= 4 is 18.0 Å². The topological polar surface area (TPSA) is 76.1 Å². The van der Waals surface area contributed by atoms with Crippen molar-refractivity contribution in [2.45, 2.75) is 12.5 Å². The lowest BCUT2D eigenvalue weighted by Gasteiger charge is -2.31. The zero-order valence-corrected chi connectivity index (χ0v) is 12.4. The number of carbonyl (C=O) groups excluding carboxylic acids is 1. The number of morpholine rings is 1. The van der Waals surface area contributed by atoms with Gasteiger partial charge in [0.25, 0.3) is 0 Å². The molecule has 1 heterocycles. The van der Waals surface area contributed by atoms with Crippen molar-refractivity contribution in [1.82, 2.24) is 4.90 Å². The van der Waals surface area contributed by atoms with Gasteiger partial charge >= 0.3 is 5.97 Å². The normalized spacial score (nSPS) is 18.4. The van der Waals surface area contributed by atoms with E-state index in [9.17, 15) is 9.59 Å². The van der Waals surface area contributed by atoms with E-state index in [1.54, 1.807) is 18.1 Å². The monoisotopic (exact) mass is 305 g/mol. The van der Waals surface area contributed by atoms with Crippen LogP contribution in [0.3, 0.4) is 0 Å². The number of nitrogens with zero attached hydrogens (tertiary/aromatic N) is 1. The first-order valence-electron chi connectivity index (χ1n) is 7.03. The van der Waals surface area contributed by atoms with Crippen LogP contribution in [-0.4, -0.2) is 54.8 Å². The molecular weight excluding hydrogens is 286 g/mol. The van der Waals surface area contributed by atoms with E-state index >= 15 is 0 Å². The molecule has 0 bridgehead atoms. The second kappa shape index (κ2) is 7.61. The molecule has 1 aliphatic rings. The van der Waals surface area contributed by atoms with Crippen LogP contribution in [0.25, 0.3) is 6.08 Å². The minimum atomic E-state index is -0.927. The fraction of sp³-hybridized carbons (Fsp3) is 0.375. The fourth-order valence-corrected chi connectivity index (χ4v) is 2.31. The van der Waals surface area contributed by atoms with E-state index in [0.717, 1.165) is 5.56 Å². The molecule has 1 fully saturated rings. The van der Waals surface area contributed by atoms with Crippen LogP contribution in [0.4, 0.5) is 0 Å². The first-order chi connectivity index (χ1) is 10.6. The first kappa shape index (κ1) is 16.0. The molecule has 1 aromatic rings. The molecular formula is C16H19NO5. The van der Waals surface area contributed by atoms with Gasteiger partial charge in [0.05, 0.1) is 26.2 Å². The number of aliphatic carboxylic acids is 1. The molecule has 6 nitrogen and oxygen atoms in total. The predicted octanol–water partition coefficient (Wildman–Crippen LogP) is 1.41. The first-order valence-corrected chi connectivity index (χ1v) is 7.03. The van der Waals surface area contributed by atoms with Gasteiger partial charge in [0.1, 0.15) is 5.75 Å². The van der Waals surface area contributed by atoms with Crippen LogP contribution in [0, 0.1) is 0 Å². The summed E-state index contributed by atoms with van der Waals surface area (Å²) in [5.74, 6) is -0.397. The van der Waals surface area contributed by atoms with Crippen LogP contribution in [-0.2, 0) is 14.3 Å². The second-order valence-corrected chi connectivity index (χ2v) is 4.95. The molecule has 0 spiro atoms. The van der Waals surface area contributed by atoms with Crippen molar-refractivity contribution in [1.29, 1.82) is 0 Å². The number of amides is 1. The molecule has 6 heteroatoms. The lowest BCUT2D eigenvalue weighted by molar-refractivity contribution is -0.145. The number of carbonyl (C=O) groups is 2. The van der Waals surface area contributed by atoms with E-state index in [0.29, 0.717) is 25.4 Å². The van der Waals surface area contributed by atoms with Gasteiger partial charge in [-0.25, -0.2) is 0 Å². The van der Waals surface area contributed by atoms with Gasteiger partial charge in [-0.1, -0.05) is 18.2 Å². The van der Waals surface area contributed by atoms with Crippen LogP contribution in [0.5, 0.6) is 5.75 Å². The van der Waals surface area contributed by atoms with Crippen molar-refractivity contribution in [2.75, 3.05) is 26.8 Å². The molecule has 1 saturated heterocycles. The van der Waals surface area contributed by atoms with Gasteiger partial charge in [0.2, 0.25) is 5.91 Å². The van der Waals surface area contributed by atoms with E-state index in [1.807, 2.05) is 24.3 Å². The Kier molecular flexibility index (Phi) is 5.55. The molecule has 1 N–H and O–H groups in total. The highest BCUT2D eigenvalue weighted by atomic mass is 16.5. The van der Waals surface area contributed by atoms with Crippen molar-refractivity contribution in [3.8, 4) is 5.75 Å². The average molecular weight is 305 g/mol. The fourth-order valence-electron chi connectivity index (χ4n) is 2.31. The van der Waals surface area contributed by atoms with Gasteiger partial charge < -0.3 is 19.5 Å². The van der Waals surface area contributed by atoms with Crippen LogP contribution in [0.15, 0.2) is 30.3 Å². The van der Waals surface area contributed by atoms with Gasteiger partial charge in [0, 0.05) is 24.7 Å². The maximum absolute atomic E-state index is 12.2. The summed E-state index contributed by atoms with van der Waals surface area (Å²) in [5.41, 5.74) is 0.814. The Hall–Kier alpha value is -2.34. The average Bonchev–Trinajstić information content (AvgIpc) is 2.52. The highest BCUT2D eigenvalue weighted by molar-refractivity contribution is 5.92.